The van der Waals surface area contributed by atoms with Crippen LogP contribution in [0.4, 0.5) is 0 Å². The maximum atomic E-state index is 5.17. The summed E-state index contributed by atoms with van der Waals surface area (Å²) >= 11 is 0. The zero-order valence-electron chi connectivity index (χ0n) is 8.09. The second-order valence-corrected chi connectivity index (χ2v) is 3.05. The van der Waals surface area contributed by atoms with E-state index in [9.17, 15) is 0 Å². The van der Waals surface area contributed by atoms with Crippen molar-refractivity contribution in [2.24, 2.45) is 5.92 Å². The summed E-state index contributed by atoms with van der Waals surface area (Å²) in [5, 5.41) is 0. The molecule has 0 spiro atoms. The van der Waals surface area contributed by atoms with Crippen LogP contribution in [0.5, 0.6) is 0 Å². The van der Waals surface area contributed by atoms with Crippen LogP contribution in [0.25, 0.3) is 0 Å². The fourth-order valence-corrected chi connectivity index (χ4v) is 0.696. The monoisotopic (exact) mass is 160 g/mol. The van der Waals surface area contributed by atoms with Gasteiger partial charge in [-0.15, -0.1) is 0 Å². The van der Waals surface area contributed by atoms with Crippen LogP contribution in [0.3, 0.4) is 0 Å². The molecule has 0 N–H and O–H groups in total. The minimum Gasteiger partial charge on any atom is -0.353 e. The van der Waals surface area contributed by atoms with Crippen LogP contribution >= 0.6 is 0 Å². The van der Waals surface area contributed by atoms with E-state index in [2.05, 4.69) is 20.8 Å². The highest BCUT2D eigenvalue weighted by molar-refractivity contribution is 4.53. The lowest BCUT2D eigenvalue weighted by Gasteiger charge is -2.24. The summed E-state index contributed by atoms with van der Waals surface area (Å²) in [7, 11) is 0. The number of ether oxygens (including phenoxy) is 2. The summed E-state index contributed by atoms with van der Waals surface area (Å²) in [6.07, 6.45) is 1.27. The summed E-state index contributed by atoms with van der Waals surface area (Å²) in [4.78, 5) is 0. The molecule has 2 heteroatoms. The Hall–Kier alpha value is -0.0800. The van der Waals surface area contributed by atoms with Gasteiger partial charge in [0, 0.05) is 5.92 Å². The van der Waals surface area contributed by atoms with E-state index >= 15 is 0 Å². The largest absolute Gasteiger partial charge is 0.353 e. The third-order valence-electron chi connectivity index (χ3n) is 1.23. The van der Waals surface area contributed by atoms with Crippen molar-refractivity contribution in [3.05, 3.63) is 0 Å². The van der Waals surface area contributed by atoms with E-state index in [4.69, 9.17) is 9.47 Å². The fourth-order valence-electron chi connectivity index (χ4n) is 0.696. The highest BCUT2D eigenvalue weighted by Gasteiger charge is 2.13. The Bertz CT molecular complexity index is 65.6. The maximum Gasteiger partial charge on any atom is 0.154 e. The van der Waals surface area contributed by atoms with Gasteiger partial charge in [-0.25, -0.2) is 0 Å². The predicted molar refractivity (Wildman–Crippen MR) is 46.5 cm³/mol. The van der Waals surface area contributed by atoms with Gasteiger partial charge >= 0.3 is 0 Å². The van der Waals surface area contributed by atoms with Gasteiger partial charge in [-0.3, -0.25) is 0 Å². The minimum absolute atomic E-state index is 0.0196. The van der Waals surface area contributed by atoms with Crippen LogP contribution in [0.2, 0.25) is 0 Å². The average Bonchev–Trinajstić information content (AvgIpc) is 1.97. The second kappa shape index (κ2) is 6.62. The fraction of sp³-hybridized carbons (Fsp3) is 1.00. The molecular weight excluding hydrogens is 140 g/mol. The first-order valence-electron chi connectivity index (χ1n) is 4.43. The van der Waals surface area contributed by atoms with Gasteiger partial charge in [-0.1, -0.05) is 27.2 Å². The molecule has 0 saturated carbocycles. The van der Waals surface area contributed by atoms with Crippen LogP contribution in [0.15, 0.2) is 0 Å². The highest BCUT2D eigenvalue weighted by atomic mass is 16.7. The topological polar surface area (TPSA) is 18.5 Å². The molecule has 1 aliphatic heterocycles. The lowest BCUT2D eigenvalue weighted by Crippen LogP contribution is -2.27. The van der Waals surface area contributed by atoms with Gasteiger partial charge in [0.15, 0.2) is 6.29 Å². The Labute approximate surface area is 69.9 Å². The van der Waals surface area contributed by atoms with E-state index in [-0.39, 0.29) is 6.29 Å². The van der Waals surface area contributed by atoms with E-state index in [1.807, 2.05) is 6.92 Å². The molecular formula is C9H20O2. The molecule has 1 heterocycles. The van der Waals surface area contributed by atoms with Crippen molar-refractivity contribution >= 4 is 0 Å². The smallest absolute Gasteiger partial charge is 0.154 e. The first kappa shape index (κ1) is 10.9. The van der Waals surface area contributed by atoms with Gasteiger partial charge in [0.2, 0.25) is 0 Å². The molecule has 0 bridgehead atoms. The average molecular weight is 160 g/mol. The van der Waals surface area contributed by atoms with Crippen LogP contribution in [-0.4, -0.2) is 19.5 Å². The molecule has 2 nitrogen and oxygen atoms in total. The number of hydrogen-bond donors (Lipinski definition) is 0. The van der Waals surface area contributed by atoms with Crippen LogP contribution in [0, 0.1) is 5.92 Å². The summed E-state index contributed by atoms with van der Waals surface area (Å²) in [6, 6.07) is 0. The zero-order chi connectivity index (χ0) is 8.69. The molecule has 0 radical (unpaired) electrons. The van der Waals surface area contributed by atoms with Crippen molar-refractivity contribution in [1.29, 1.82) is 0 Å². The first-order valence-corrected chi connectivity index (χ1v) is 4.43. The van der Waals surface area contributed by atoms with Crippen molar-refractivity contribution in [3.63, 3.8) is 0 Å². The molecule has 0 amide bonds. The van der Waals surface area contributed by atoms with E-state index in [0.29, 0.717) is 5.92 Å². The first-order chi connectivity index (χ1) is 5.20. The van der Waals surface area contributed by atoms with Crippen molar-refractivity contribution in [3.8, 4) is 0 Å². The summed E-state index contributed by atoms with van der Waals surface area (Å²) in [5.74, 6) is 0.575. The van der Waals surface area contributed by atoms with E-state index in [1.165, 1.54) is 6.42 Å². The van der Waals surface area contributed by atoms with E-state index < -0.39 is 0 Å². The van der Waals surface area contributed by atoms with Gasteiger partial charge in [0.25, 0.3) is 0 Å². The molecule has 68 valence electrons. The van der Waals surface area contributed by atoms with Gasteiger partial charge < -0.3 is 9.47 Å². The molecule has 0 atom stereocenters. The molecule has 0 aromatic rings. The van der Waals surface area contributed by atoms with Gasteiger partial charge in [-0.2, -0.15) is 0 Å². The second-order valence-electron chi connectivity index (χ2n) is 3.05. The highest BCUT2D eigenvalue weighted by Crippen LogP contribution is 2.08. The van der Waals surface area contributed by atoms with Crippen molar-refractivity contribution < 1.29 is 9.47 Å². The Balaban J connectivity index is 0.000000292. The normalized spacial score (nSPS) is 30.5. The molecule has 0 aromatic carbocycles. The summed E-state index contributed by atoms with van der Waals surface area (Å²) < 4.78 is 10.3. The molecule has 0 aromatic heterocycles. The van der Waals surface area contributed by atoms with E-state index in [0.717, 1.165) is 13.2 Å². The quantitative estimate of drug-likeness (QED) is 0.542. The lowest BCUT2D eigenvalue weighted by atomic mass is 10.2. The van der Waals surface area contributed by atoms with Gasteiger partial charge in [0.05, 0.1) is 13.2 Å². The van der Waals surface area contributed by atoms with E-state index in [1.54, 1.807) is 0 Å². The van der Waals surface area contributed by atoms with Gasteiger partial charge in [-0.05, 0) is 6.92 Å². The minimum atomic E-state index is 0.0196. The Kier molecular flexibility index (Phi) is 6.57. The predicted octanol–water partition coefficient (Wildman–Crippen LogP) is 2.43. The molecule has 11 heavy (non-hydrogen) atoms. The summed E-state index contributed by atoms with van der Waals surface area (Å²) in [6.45, 7) is 9.99. The van der Waals surface area contributed by atoms with Crippen LogP contribution in [-0.2, 0) is 9.47 Å². The van der Waals surface area contributed by atoms with Crippen molar-refractivity contribution in [2.45, 2.75) is 40.4 Å². The number of rotatable bonds is 0. The molecule has 1 fully saturated rings. The number of hydrogen-bond acceptors (Lipinski definition) is 2. The van der Waals surface area contributed by atoms with Crippen LogP contribution < -0.4 is 0 Å². The summed E-state index contributed by atoms with van der Waals surface area (Å²) in [5.41, 5.74) is 0. The molecule has 1 aliphatic rings. The van der Waals surface area contributed by atoms with Crippen molar-refractivity contribution in [1.82, 2.24) is 0 Å². The third kappa shape index (κ3) is 6.32. The van der Waals surface area contributed by atoms with Crippen LogP contribution in [0.1, 0.15) is 34.1 Å². The lowest BCUT2D eigenvalue weighted by molar-refractivity contribution is -0.187. The molecule has 1 rings (SSSR count). The Morgan fingerprint density at radius 1 is 1.09 bits per heavy atom. The molecule has 0 unspecified atom stereocenters. The Morgan fingerprint density at radius 3 is 1.73 bits per heavy atom. The van der Waals surface area contributed by atoms with Crippen molar-refractivity contribution in [2.75, 3.05) is 13.2 Å². The SMILES string of the molecule is CC1COC(C)OC1.CCC. The third-order valence-corrected chi connectivity index (χ3v) is 1.23. The Morgan fingerprint density at radius 2 is 1.45 bits per heavy atom. The molecule has 1 saturated heterocycles. The van der Waals surface area contributed by atoms with Gasteiger partial charge in [0.1, 0.15) is 0 Å². The zero-order valence-corrected chi connectivity index (χ0v) is 8.09. The standard InChI is InChI=1S/C6H12O2.C3H8/c1-5-3-7-6(2)8-4-5;1-3-2/h5-6H,3-4H2,1-2H3;3H2,1-2H3. The molecule has 0 aliphatic carbocycles. The maximum absolute atomic E-state index is 5.17.